The summed E-state index contributed by atoms with van der Waals surface area (Å²) in [4.78, 5) is 3.61. The molecule has 0 radical (unpaired) electrons. The van der Waals surface area contributed by atoms with E-state index in [1.54, 1.807) is 28.2 Å². The normalized spacial score (nSPS) is 16.2. The molecule has 0 saturated carbocycles. The van der Waals surface area contributed by atoms with E-state index in [4.69, 9.17) is 11.6 Å². The van der Waals surface area contributed by atoms with Crippen molar-refractivity contribution in [2.24, 2.45) is 0 Å². The van der Waals surface area contributed by atoms with Crippen LogP contribution in [0.2, 0.25) is 5.02 Å². The lowest BCUT2D eigenvalue weighted by Gasteiger charge is -2.36. The summed E-state index contributed by atoms with van der Waals surface area (Å²) in [5.41, 5.74) is 2.22. The number of piperazine rings is 1. The molecular formula is C18H21ClN2O2S2. The predicted molar refractivity (Wildman–Crippen MR) is 105 cm³/mol. The first-order valence-corrected chi connectivity index (χ1v) is 11.1. The highest BCUT2D eigenvalue weighted by Gasteiger charge is 2.28. The van der Waals surface area contributed by atoms with Gasteiger partial charge in [0, 0.05) is 41.8 Å². The maximum absolute atomic E-state index is 12.8. The monoisotopic (exact) mass is 396 g/mol. The molecule has 0 spiro atoms. The molecule has 134 valence electrons. The summed E-state index contributed by atoms with van der Waals surface area (Å²) in [6.45, 7) is 4.30. The molecule has 0 aliphatic carbocycles. The van der Waals surface area contributed by atoms with Gasteiger partial charge in [-0.3, -0.25) is 0 Å². The van der Waals surface area contributed by atoms with Gasteiger partial charge in [-0.15, -0.1) is 11.8 Å². The summed E-state index contributed by atoms with van der Waals surface area (Å²) in [7, 11) is -3.44. The Balaban J connectivity index is 1.73. The molecule has 0 unspecified atom stereocenters. The van der Waals surface area contributed by atoms with Crippen molar-refractivity contribution in [1.29, 1.82) is 0 Å². The molecule has 1 saturated heterocycles. The molecule has 1 aliphatic heterocycles. The molecule has 1 heterocycles. The van der Waals surface area contributed by atoms with Crippen LogP contribution in [-0.2, 0) is 10.0 Å². The van der Waals surface area contributed by atoms with Crippen LogP contribution < -0.4 is 4.90 Å². The van der Waals surface area contributed by atoms with E-state index in [1.807, 2.05) is 43.5 Å². The van der Waals surface area contributed by atoms with Crippen LogP contribution in [0.25, 0.3) is 0 Å². The van der Waals surface area contributed by atoms with E-state index in [9.17, 15) is 8.42 Å². The smallest absolute Gasteiger partial charge is 0.243 e. The van der Waals surface area contributed by atoms with Gasteiger partial charge in [0.2, 0.25) is 10.0 Å². The van der Waals surface area contributed by atoms with E-state index in [2.05, 4.69) is 4.90 Å². The Kier molecular flexibility index (Phi) is 5.63. The standard InChI is InChI=1S/C18H21ClN2O2S2/c1-14-3-4-15(19)13-18(14)20-9-11-21(12-10-20)25(22,23)17-7-5-16(24-2)6-8-17/h3-8,13H,9-12H2,1-2H3. The summed E-state index contributed by atoms with van der Waals surface area (Å²) >= 11 is 7.71. The fraction of sp³-hybridized carbons (Fsp3) is 0.333. The molecule has 25 heavy (non-hydrogen) atoms. The zero-order valence-corrected chi connectivity index (χ0v) is 16.7. The number of hydrogen-bond donors (Lipinski definition) is 0. The second-order valence-electron chi connectivity index (χ2n) is 6.00. The lowest BCUT2D eigenvalue weighted by molar-refractivity contribution is 0.384. The molecule has 0 aromatic heterocycles. The van der Waals surface area contributed by atoms with Gasteiger partial charge < -0.3 is 4.90 Å². The molecule has 2 aromatic carbocycles. The molecule has 0 amide bonds. The number of rotatable bonds is 4. The first-order chi connectivity index (χ1) is 11.9. The number of halogens is 1. The van der Waals surface area contributed by atoms with Gasteiger partial charge in [0.25, 0.3) is 0 Å². The van der Waals surface area contributed by atoms with E-state index in [0.717, 1.165) is 16.1 Å². The van der Waals surface area contributed by atoms with Crippen LogP contribution in [-0.4, -0.2) is 45.2 Å². The van der Waals surface area contributed by atoms with E-state index in [-0.39, 0.29) is 0 Å². The SMILES string of the molecule is CSc1ccc(S(=O)(=O)N2CCN(c3cc(Cl)ccc3C)CC2)cc1. The Labute approximate surface area is 158 Å². The van der Waals surface area contributed by atoms with Gasteiger partial charge in [-0.25, -0.2) is 8.42 Å². The third-order valence-electron chi connectivity index (χ3n) is 4.45. The van der Waals surface area contributed by atoms with Crippen LogP contribution in [0, 0.1) is 6.92 Å². The molecule has 7 heteroatoms. The summed E-state index contributed by atoms with van der Waals surface area (Å²) < 4.78 is 27.2. The van der Waals surface area contributed by atoms with Gasteiger partial charge in [-0.2, -0.15) is 4.31 Å². The summed E-state index contributed by atoms with van der Waals surface area (Å²) in [5, 5.41) is 0.699. The summed E-state index contributed by atoms with van der Waals surface area (Å²) in [6.07, 6.45) is 1.97. The number of hydrogen-bond acceptors (Lipinski definition) is 4. The highest BCUT2D eigenvalue weighted by atomic mass is 35.5. The second kappa shape index (κ2) is 7.58. The molecule has 3 rings (SSSR count). The van der Waals surface area contributed by atoms with Crippen molar-refractivity contribution in [3.8, 4) is 0 Å². The van der Waals surface area contributed by atoms with Crippen molar-refractivity contribution in [2.45, 2.75) is 16.7 Å². The van der Waals surface area contributed by atoms with E-state index in [1.165, 1.54) is 0 Å². The van der Waals surface area contributed by atoms with Gasteiger partial charge in [0.15, 0.2) is 0 Å². The quantitative estimate of drug-likeness (QED) is 0.735. The van der Waals surface area contributed by atoms with Crippen LogP contribution in [0.3, 0.4) is 0 Å². The first kappa shape index (κ1) is 18.6. The Morgan fingerprint density at radius 1 is 1.00 bits per heavy atom. The van der Waals surface area contributed by atoms with Crippen molar-refractivity contribution in [3.05, 3.63) is 53.1 Å². The molecule has 4 nitrogen and oxygen atoms in total. The Morgan fingerprint density at radius 2 is 1.64 bits per heavy atom. The zero-order chi connectivity index (χ0) is 18.0. The van der Waals surface area contributed by atoms with Gasteiger partial charge in [-0.05, 0) is 55.1 Å². The molecule has 0 N–H and O–H groups in total. The lowest BCUT2D eigenvalue weighted by atomic mass is 10.1. The lowest BCUT2D eigenvalue weighted by Crippen LogP contribution is -2.48. The van der Waals surface area contributed by atoms with Crippen molar-refractivity contribution in [3.63, 3.8) is 0 Å². The number of thioether (sulfide) groups is 1. The molecule has 2 aromatic rings. The topological polar surface area (TPSA) is 40.6 Å². The largest absolute Gasteiger partial charge is 0.369 e. The molecule has 0 bridgehead atoms. The van der Waals surface area contributed by atoms with Crippen LogP contribution in [0.5, 0.6) is 0 Å². The fourth-order valence-corrected chi connectivity index (χ4v) is 4.99. The van der Waals surface area contributed by atoms with Gasteiger partial charge in [-0.1, -0.05) is 17.7 Å². The van der Waals surface area contributed by atoms with Crippen molar-refractivity contribution in [2.75, 3.05) is 37.3 Å². The molecular weight excluding hydrogens is 376 g/mol. The summed E-state index contributed by atoms with van der Waals surface area (Å²) in [6, 6.07) is 12.9. The Morgan fingerprint density at radius 3 is 2.24 bits per heavy atom. The van der Waals surface area contributed by atoms with Crippen molar-refractivity contribution >= 4 is 39.1 Å². The maximum Gasteiger partial charge on any atom is 0.243 e. The molecule has 0 atom stereocenters. The predicted octanol–water partition coefficient (Wildman–Crippen LogP) is 3.88. The van der Waals surface area contributed by atoms with Crippen molar-refractivity contribution < 1.29 is 8.42 Å². The third kappa shape index (κ3) is 3.97. The average Bonchev–Trinajstić information content (AvgIpc) is 2.64. The Hall–Kier alpha value is -1.21. The molecule has 1 fully saturated rings. The van der Waals surface area contributed by atoms with Gasteiger partial charge in [0.05, 0.1) is 4.90 Å². The maximum atomic E-state index is 12.8. The highest BCUT2D eigenvalue weighted by molar-refractivity contribution is 7.98. The highest BCUT2D eigenvalue weighted by Crippen LogP contribution is 2.27. The number of benzene rings is 2. The van der Waals surface area contributed by atoms with Crippen LogP contribution in [0.4, 0.5) is 5.69 Å². The minimum absolute atomic E-state index is 0.359. The van der Waals surface area contributed by atoms with Crippen molar-refractivity contribution in [1.82, 2.24) is 4.31 Å². The van der Waals surface area contributed by atoms with Crippen LogP contribution >= 0.6 is 23.4 Å². The van der Waals surface area contributed by atoms with E-state index < -0.39 is 10.0 Å². The third-order valence-corrected chi connectivity index (χ3v) is 7.34. The number of anilines is 1. The first-order valence-electron chi connectivity index (χ1n) is 8.07. The number of sulfonamides is 1. The Bertz CT molecular complexity index is 846. The van der Waals surface area contributed by atoms with Crippen LogP contribution in [0.1, 0.15) is 5.56 Å². The zero-order valence-electron chi connectivity index (χ0n) is 14.3. The van der Waals surface area contributed by atoms with E-state index in [0.29, 0.717) is 36.1 Å². The minimum Gasteiger partial charge on any atom is -0.369 e. The second-order valence-corrected chi connectivity index (χ2v) is 9.25. The summed E-state index contributed by atoms with van der Waals surface area (Å²) in [5.74, 6) is 0. The average molecular weight is 397 g/mol. The van der Waals surface area contributed by atoms with Gasteiger partial charge in [0.1, 0.15) is 0 Å². The molecule has 1 aliphatic rings. The minimum atomic E-state index is -3.44. The van der Waals surface area contributed by atoms with Crippen LogP contribution in [0.15, 0.2) is 52.3 Å². The fourth-order valence-electron chi connectivity index (χ4n) is 2.99. The number of aryl methyl sites for hydroxylation is 1. The van der Waals surface area contributed by atoms with Gasteiger partial charge >= 0.3 is 0 Å². The number of nitrogens with zero attached hydrogens (tertiary/aromatic N) is 2. The van der Waals surface area contributed by atoms with E-state index >= 15 is 0 Å².